The van der Waals surface area contributed by atoms with Crippen molar-refractivity contribution in [3.63, 3.8) is 0 Å². The summed E-state index contributed by atoms with van der Waals surface area (Å²) in [6.45, 7) is 6.67. The fourth-order valence-corrected chi connectivity index (χ4v) is 6.02. The first kappa shape index (κ1) is 19.0. The largest absolute Gasteiger partial charge is 0.269 e. The van der Waals surface area contributed by atoms with Crippen LogP contribution in [0.25, 0.3) is 0 Å². The molecule has 0 spiro atoms. The van der Waals surface area contributed by atoms with Gasteiger partial charge in [0.2, 0.25) is 0 Å². The summed E-state index contributed by atoms with van der Waals surface area (Å²) in [7, 11) is 0. The van der Waals surface area contributed by atoms with Gasteiger partial charge in [0.25, 0.3) is 0 Å². The maximum Gasteiger partial charge on any atom is 0.134 e. The quantitative estimate of drug-likeness (QED) is 0.519. The van der Waals surface area contributed by atoms with E-state index in [0.29, 0.717) is 21.8 Å². The van der Waals surface area contributed by atoms with Gasteiger partial charge in [-0.1, -0.05) is 69.1 Å². The van der Waals surface area contributed by atoms with Crippen LogP contribution in [0.3, 0.4) is 0 Å². The maximum atomic E-state index is 14.5. The zero-order valence-corrected chi connectivity index (χ0v) is 17.6. The summed E-state index contributed by atoms with van der Waals surface area (Å²) < 4.78 is 14.5. The van der Waals surface area contributed by atoms with Crippen LogP contribution in [-0.2, 0) is 5.41 Å². The third kappa shape index (κ3) is 3.69. The molecular weight excluding hydrogens is 377 g/mol. The van der Waals surface area contributed by atoms with Gasteiger partial charge >= 0.3 is 0 Å². The molecule has 4 heteroatoms. The van der Waals surface area contributed by atoms with Crippen molar-refractivity contribution in [1.29, 1.82) is 0 Å². The van der Waals surface area contributed by atoms with E-state index in [-0.39, 0.29) is 17.3 Å². The van der Waals surface area contributed by atoms with Crippen LogP contribution in [-0.4, -0.2) is 10.3 Å². The van der Waals surface area contributed by atoms with Crippen LogP contribution in [0.15, 0.2) is 47.5 Å². The van der Waals surface area contributed by atoms with Gasteiger partial charge in [0.05, 0.1) is 16.6 Å². The molecule has 2 aromatic carbocycles. The van der Waals surface area contributed by atoms with Gasteiger partial charge in [-0.2, -0.15) is 0 Å². The molecule has 2 aromatic rings. The normalized spacial score (nSPS) is 25.2. The molecule has 3 unspecified atom stereocenters. The van der Waals surface area contributed by atoms with Crippen molar-refractivity contribution in [2.45, 2.75) is 56.7 Å². The topological polar surface area (TPSA) is 12.4 Å². The summed E-state index contributed by atoms with van der Waals surface area (Å²) in [5, 5.41) is 1.69. The molecule has 1 fully saturated rings. The summed E-state index contributed by atoms with van der Waals surface area (Å²) in [6, 6.07) is 13.8. The van der Waals surface area contributed by atoms with Crippen molar-refractivity contribution in [1.82, 2.24) is 0 Å². The highest BCUT2D eigenvalue weighted by Gasteiger charge is 2.40. The van der Waals surface area contributed by atoms with Crippen molar-refractivity contribution in [2.75, 3.05) is 0 Å². The Bertz CT molecular complexity index is 849. The first-order valence-corrected chi connectivity index (χ1v) is 10.9. The van der Waals surface area contributed by atoms with E-state index in [2.05, 4.69) is 45.0 Å². The van der Waals surface area contributed by atoms with E-state index in [0.717, 1.165) is 11.5 Å². The molecule has 142 valence electrons. The lowest BCUT2D eigenvalue weighted by molar-refractivity contribution is 0.452. The maximum absolute atomic E-state index is 14.5. The highest BCUT2D eigenvalue weighted by Crippen LogP contribution is 2.49. The number of hydrogen-bond donors (Lipinski definition) is 0. The lowest BCUT2D eigenvalue weighted by atomic mass is 9.84. The summed E-state index contributed by atoms with van der Waals surface area (Å²) in [6.07, 6.45) is 3.56. The van der Waals surface area contributed by atoms with Gasteiger partial charge in [0.1, 0.15) is 10.9 Å². The molecule has 0 radical (unpaired) electrons. The second kappa shape index (κ2) is 7.25. The average molecular weight is 402 g/mol. The Morgan fingerprint density at radius 2 is 1.81 bits per heavy atom. The molecule has 0 saturated heterocycles. The lowest BCUT2D eigenvalue weighted by Crippen LogP contribution is -2.26. The third-order valence-electron chi connectivity index (χ3n) is 5.72. The van der Waals surface area contributed by atoms with Crippen LogP contribution >= 0.6 is 23.4 Å². The van der Waals surface area contributed by atoms with Crippen molar-refractivity contribution in [2.24, 2.45) is 10.9 Å². The van der Waals surface area contributed by atoms with Gasteiger partial charge in [0.15, 0.2) is 0 Å². The van der Waals surface area contributed by atoms with E-state index >= 15 is 0 Å². The first-order valence-electron chi connectivity index (χ1n) is 9.64. The van der Waals surface area contributed by atoms with Crippen LogP contribution in [0.4, 0.5) is 4.39 Å². The Kier molecular flexibility index (Phi) is 5.11. The number of fused-ring (bicyclic) bond motifs is 1. The summed E-state index contributed by atoms with van der Waals surface area (Å²) in [5.41, 5.74) is 3.14. The molecule has 1 saturated carbocycles. The fraction of sp³-hybridized carbons (Fsp3) is 0.435. The smallest absolute Gasteiger partial charge is 0.134 e. The fourth-order valence-electron chi connectivity index (χ4n) is 4.19. The minimum absolute atomic E-state index is 0.0819. The van der Waals surface area contributed by atoms with Crippen LogP contribution in [0.2, 0.25) is 5.02 Å². The molecule has 0 amide bonds. The molecule has 27 heavy (non-hydrogen) atoms. The molecule has 0 bridgehead atoms. The van der Waals surface area contributed by atoms with E-state index in [4.69, 9.17) is 16.6 Å². The Labute approximate surface area is 170 Å². The summed E-state index contributed by atoms with van der Waals surface area (Å²) in [5.74, 6) is 0.233. The van der Waals surface area contributed by atoms with Crippen LogP contribution < -0.4 is 0 Å². The van der Waals surface area contributed by atoms with Crippen LogP contribution in [0, 0.1) is 11.7 Å². The van der Waals surface area contributed by atoms with Crippen LogP contribution in [0.5, 0.6) is 0 Å². The predicted molar refractivity (Wildman–Crippen MR) is 115 cm³/mol. The molecule has 1 heterocycles. The van der Waals surface area contributed by atoms with Gasteiger partial charge in [-0.25, -0.2) is 4.39 Å². The number of halogens is 2. The number of aliphatic imine (C=N–C) groups is 1. The molecule has 3 atom stereocenters. The van der Waals surface area contributed by atoms with E-state index in [1.54, 1.807) is 23.9 Å². The van der Waals surface area contributed by atoms with Gasteiger partial charge in [-0.15, -0.1) is 11.8 Å². The second-order valence-corrected chi connectivity index (χ2v) is 10.2. The zero-order valence-electron chi connectivity index (χ0n) is 16.0. The number of hydrogen-bond acceptors (Lipinski definition) is 2. The third-order valence-corrected chi connectivity index (χ3v) is 7.46. The Morgan fingerprint density at radius 1 is 1.07 bits per heavy atom. The molecule has 1 aliphatic heterocycles. The predicted octanol–water partition coefficient (Wildman–Crippen LogP) is 7.18. The zero-order chi connectivity index (χ0) is 19.2. The Balaban J connectivity index is 1.75. The number of nitrogens with zero attached hydrogens (tertiary/aromatic N) is 1. The number of thioether (sulfide) groups is 1. The lowest BCUT2D eigenvalue weighted by Gasteiger charge is -2.32. The standard InChI is InChI=1S/C23H25ClFNS/c1-23(2,3)15-12-10-14(11-13-15)21-16-6-4-9-19(16)27-22(26-21)20-17(24)7-5-8-18(20)25/h5,7-8,10-13,16,19,21H,4,6,9H2,1-3H3. The molecule has 1 aliphatic carbocycles. The van der Waals surface area contributed by atoms with Gasteiger partial charge in [-0.05, 0) is 47.4 Å². The first-order chi connectivity index (χ1) is 12.8. The minimum Gasteiger partial charge on any atom is -0.269 e. The Hall–Kier alpha value is -1.32. The van der Waals surface area contributed by atoms with Gasteiger partial charge in [-0.3, -0.25) is 4.99 Å². The monoisotopic (exact) mass is 401 g/mol. The van der Waals surface area contributed by atoms with Crippen molar-refractivity contribution < 1.29 is 4.39 Å². The summed E-state index contributed by atoms with van der Waals surface area (Å²) >= 11 is 8.05. The number of rotatable bonds is 2. The molecule has 0 N–H and O–H groups in total. The molecule has 2 aliphatic rings. The van der Waals surface area contributed by atoms with E-state index in [1.165, 1.54) is 30.0 Å². The van der Waals surface area contributed by atoms with Crippen molar-refractivity contribution >= 4 is 28.4 Å². The molecule has 0 aromatic heterocycles. The van der Waals surface area contributed by atoms with Crippen LogP contribution in [0.1, 0.15) is 62.8 Å². The van der Waals surface area contributed by atoms with E-state index < -0.39 is 0 Å². The van der Waals surface area contributed by atoms with Gasteiger partial charge < -0.3 is 0 Å². The average Bonchev–Trinajstić information content (AvgIpc) is 3.09. The minimum atomic E-state index is -0.285. The highest BCUT2D eigenvalue weighted by molar-refractivity contribution is 8.15. The van der Waals surface area contributed by atoms with Crippen molar-refractivity contribution in [3.05, 3.63) is 70.0 Å². The second-order valence-electron chi connectivity index (χ2n) is 8.60. The van der Waals surface area contributed by atoms with Gasteiger partial charge in [0, 0.05) is 5.25 Å². The molecule has 1 nitrogen and oxygen atoms in total. The van der Waals surface area contributed by atoms with E-state index in [9.17, 15) is 4.39 Å². The van der Waals surface area contributed by atoms with Crippen molar-refractivity contribution in [3.8, 4) is 0 Å². The molecular formula is C23H25ClFNS. The highest BCUT2D eigenvalue weighted by atomic mass is 35.5. The Morgan fingerprint density at radius 3 is 2.48 bits per heavy atom. The van der Waals surface area contributed by atoms with E-state index in [1.807, 2.05) is 0 Å². The number of benzene rings is 2. The SMILES string of the molecule is CC(C)(C)c1ccc(C2N=C(c3c(F)cccc3Cl)SC3CCCC32)cc1. The summed E-state index contributed by atoms with van der Waals surface area (Å²) in [4.78, 5) is 5.03. The molecule has 4 rings (SSSR count).